The highest BCUT2D eigenvalue weighted by Crippen LogP contribution is 2.35. The van der Waals surface area contributed by atoms with Crippen LogP contribution in [0.2, 0.25) is 0 Å². The summed E-state index contributed by atoms with van der Waals surface area (Å²) >= 11 is 0. The number of hydrogen-bond acceptors (Lipinski definition) is 3. The molecule has 3 amide bonds. The molecule has 0 aromatic heterocycles. The predicted molar refractivity (Wildman–Crippen MR) is 66.7 cm³/mol. The summed E-state index contributed by atoms with van der Waals surface area (Å²) in [4.78, 5) is 33.5. The van der Waals surface area contributed by atoms with Crippen molar-refractivity contribution in [1.29, 1.82) is 0 Å². The van der Waals surface area contributed by atoms with Gasteiger partial charge < -0.3 is 21.5 Å². The number of benzene rings is 1. The van der Waals surface area contributed by atoms with Gasteiger partial charge in [-0.25, -0.2) is 9.59 Å². The third kappa shape index (κ3) is 2.82. The van der Waals surface area contributed by atoms with Gasteiger partial charge in [-0.05, 0) is 31.0 Å². The maximum atomic E-state index is 11.7. The minimum atomic E-state index is -1.15. The van der Waals surface area contributed by atoms with E-state index in [1.807, 2.05) is 0 Å². The van der Waals surface area contributed by atoms with Crippen molar-refractivity contribution >= 4 is 23.6 Å². The Labute approximate surface area is 108 Å². The molecule has 7 heteroatoms. The average molecular weight is 263 g/mol. The third-order valence-corrected chi connectivity index (χ3v) is 2.92. The fraction of sp³-hybridized carbons (Fsp3) is 0.250. The maximum Gasteiger partial charge on any atom is 0.329 e. The summed E-state index contributed by atoms with van der Waals surface area (Å²) in [5, 5.41) is 13.8. The molecule has 0 atom stereocenters. The van der Waals surface area contributed by atoms with Crippen molar-refractivity contribution in [3.8, 4) is 0 Å². The van der Waals surface area contributed by atoms with Gasteiger partial charge in [-0.1, -0.05) is 6.07 Å². The van der Waals surface area contributed by atoms with Crippen molar-refractivity contribution in [3.05, 3.63) is 29.8 Å². The van der Waals surface area contributed by atoms with Crippen LogP contribution in [0.4, 0.5) is 10.5 Å². The number of hydrogen-bond donors (Lipinski definition) is 4. The summed E-state index contributed by atoms with van der Waals surface area (Å²) in [5.41, 5.74) is 4.60. The minimum absolute atomic E-state index is 0.261. The van der Waals surface area contributed by atoms with Crippen LogP contribution in [0.3, 0.4) is 0 Å². The van der Waals surface area contributed by atoms with E-state index < -0.39 is 23.4 Å². The number of nitrogens with one attached hydrogen (secondary N) is 2. The molecule has 100 valence electrons. The molecule has 0 bridgehead atoms. The number of urea groups is 1. The Morgan fingerprint density at radius 1 is 1.26 bits per heavy atom. The van der Waals surface area contributed by atoms with Crippen molar-refractivity contribution in [2.24, 2.45) is 5.73 Å². The van der Waals surface area contributed by atoms with Gasteiger partial charge in [0.1, 0.15) is 5.54 Å². The lowest BCUT2D eigenvalue weighted by atomic mass is 10.2. The van der Waals surface area contributed by atoms with Crippen molar-refractivity contribution < 1.29 is 19.5 Å². The molecule has 19 heavy (non-hydrogen) atoms. The molecule has 2 rings (SSSR count). The van der Waals surface area contributed by atoms with E-state index in [-0.39, 0.29) is 5.56 Å². The van der Waals surface area contributed by atoms with E-state index in [9.17, 15) is 14.4 Å². The second-order valence-corrected chi connectivity index (χ2v) is 4.41. The van der Waals surface area contributed by atoms with E-state index in [4.69, 9.17) is 10.8 Å². The number of anilines is 1. The van der Waals surface area contributed by atoms with Crippen LogP contribution >= 0.6 is 0 Å². The lowest BCUT2D eigenvalue weighted by Crippen LogP contribution is -2.45. The van der Waals surface area contributed by atoms with Gasteiger partial charge in [0.15, 0.2) is 0 Å². The fourth-order valence-electron chi connectivity index (χ4n) is 1.65. The van der Waals surface area contributed by atoms with Crippen LogP contribution in [0.25, 0.3) is 0 Å². The Hall–Kier alpha value is -2.57. The predicted octanol–water partition coefficient (Wildman–Crippen LogP) is 0.524. The average Bonchev–Trinajstić information content (AvgIpc) is 3.10. The van der Waals surface area contributed by atoms with E-state index in [0.29, 0.717) is 18.5 Å². The molecule has 1 aromatic rings. The zero-order valence-corrected chi connectivity index (χ0v) is 9.97. The molecule has 0 saturated heterocycles. The molecule has 0 unspecified atom stereocenters. The molecule has 0 heterocycles. The number of primary amides is 1. The summed E-state index contributed by atoms with van der Waals surface area (Å²) in [6, 6.07) is 5.46. The number of carboxylic acids is 1. The van der Waals surface area contributed by atoms with Gasteiger partial charge in [-0.15, -0.1) is 0 Å². The molecule has 0 radical (unpaired) electrons. The Kier molecular flexibility index (Phi) is 3.12. The quantitative estimate of drug-likeness (QED) is 0.632. The lowest BCUT2D eigenvalue weighted by molar-refractivity contribution is -0.140. The topological polar surface area (TPSA) is 122 Å². The first-order valence-electron chi connectivity index (χ1n) is 5.65. The lowest BCUT2D eigenvalue weighted by Gasteiger charge is -2.13. The maximum absolute atomic E-state index is 11.7. The Morgan fingerprint density at radius 2 is 1.95 bits per heavy atom. The Balaban J connectivity index is 2.01. The van der Waals surface area contributed by atoms with Crippen molar-refractivity contribution in [1.82, 2.24) is 5.32 Å². The SMILES string of the molecule is NC(=O)c1cccc(NC(=O)NC2(C(=O)O)CC2)c1. The summed E-state index contributed by atoms with van der Waals surface area (Å²) in [7, 11) is 0. The second kappa shape index (κ2) is 4.60. The van der Waals surface area contributed by atoms with Gasteiger partial charge in [0.25, 0.3) is 0 Å². The van der Waals surface area contributed by atoms with Gasteiger partial charge in [0.05, 0.1) is 0 Å². The number of rotatable bonds is 4. The fourth-order valence-corrected chi connectivity index (χ4v) is 1.65. The van der Waals surface area contributed by atoms with Gasteiger partial charge in [-0.3, -0.25) is 4.79 Å². The monoisotopic (exact) mass is 263 g/mol. The van der Waals surface area contributed by atoms with E-state index in [0.717, 1.165) is 0 Å². The molecule has 5 N–H and O–H groups in total. The smallest absolute Gasteiger partial charge is 0.329 e. The van der Waals surface area contributed by atoms with Gasteiger partial charge in [0, 0.05) is 11.3 Å². The van der Waals surface area contributed by atoms with E-state index in [1.165, 1.54) is 12.1 Å². The molecule has 0 aliphatic heterocycles. The molecule has 1 aliphatic carbocycles. The van der Waals surface area contributed by atoms with Crippen molar-refractivity contribution in [2.75, 3.05) is 5.32 Å². The Bertz CT molecular complexity index is 552. The summed E-state index contributed by atoms with van der Waals surface area (Å²) in [6.45, 7) is 0. The van der Waals surface area contributed by atoms with Crippen molar-refractivity contribution in [3.63, 3.8) is 0 Å². The van der Waals surface area contributed by atoms with Crippen LogP contribution in [0.1, 0.15) is 23.2 Å². The highest BCUT2D eigenvalue weighted by atomic mass is 16.4. The molecule has 1 aromatic carbocycles. The van der Waals surface area contributed by atoms with Gasteiger partial charge >= 0.3 is 12.0 Å². The van der Waals surface area contributed by atoms with Gasteiger partial charge in [0.2, 0.25) is 5.91 Å². The van der Waals surface area contributed by atoms with E-state index >= 15 is 0 Å². The molecule has 1 aliphatic rings. The molecule has 7 nitrogen and oxygen atoms in total. The summed E-state index contributed by atoms with van der Waals surface area (Å²) in [6.07, 6.45) is 0.828. The summed E-state index contributed by atoms with van der Waals surface area (Å²) in [5.74, 6) is -1.65. The minimum Gasteiger partial charge on any atom is -0.480 e. The van der Waals surface area contributed by atoms with Crippen LogP contribution in [-0.2, 0) is 4.79 Å². The molecular weight excluding hydrogens is 250 g/mol. The van der Waals surface area contributed by atoms with E-state index in [1.54, 1.807) is 12.1 Å². The highest BCUT2D eigenvalue weighted by Gasteiger charge is 2.51. The number of carboxylic acid groups (broad SMARTS) is 1. The normalized spacial score (nSPS) is 15.4. The zero-order chi connectivity index (χ0) is 14.0. The van der Waals surface area contributed by atoms with E-state index in [2.05, 4.69) is 10.6 Å². The molecule has 0 spiro atoms. The Morgan fingerprint density at radius 3 is 2.47 bits per heavy atom. The van der Waals surface area contributed by atoms with Crippen LogP contribution in [0, 0.1) is 0 Å². The van der Waals surface area contributed by atoms with Crippen LogP contribution in [-0.4, -0.2) is 28.6 Å². The second-order valence-electron chi connectivity index (χ2n) is 4.41. The molecule has 1 saturated carbocycles. The molecule has 1 fully saturated rings. The zero-order valence-electron chi connectivity index (χ0n) is 9.97. The number of aliphatic carboxylic acids is 1. The number of nitrogens with two attached hydrogens (primary N) is 1. The number of carbonyl (C=O) groups is 3. The van der Waals surface area contributed by atoms with Crippen LogP contribution in [0.5, 0.6) is 0 Å². The summed E-state index contributed by atoms with van der Waals surface area (Å²) < 4.78 is 0. The number of carbonyl (C=O) groups excluding carboxylic acids is 2. The molecular formula is C12H13N3O4. The highest BCUT2D eigenvalue weighted by molar-refractivity contribution is 5.97. The first-order valence-corrected chi connectivity index (χ1v) is 5.65. The van der Waals surface area contributed by atoms with Crippen LogP contribution < -0.4 is 16.4 Å². The van der Waals surface area contributed by atoms with Crippen LogP contribution in [0.15, 0.2) is 24.3 Å². The first-order chi connectivity index (χ1) is 8.93. The third-order valence-electron chi connectivity index (χ3n) is 2.92. The first kappa shape index (κ1) is 12.9. The van der Waals surface area contributed by atoms with Crippen molar-refractivity contribution in [2.45, 2.75) is 18.4 Å². The largest absolute Gasteiger partial charge is 0.480 e. The number of amides is 3. The van der Waals surface area contributed by atoms with Gasteiger partial charge in [-0.2, -0.15) is 0 Å². The standard InChI is InChI=1S/C12H13N3O4/c13-9(16)7-2-1-3-8(6-7)14-11(19)15-12(4-5-12)10(17)18/h1-3,6H,4-5H2,(H2,13,16)(H,17,18)(H2,14,15,19).